The highest BCUT2D eigenvalue weighted by Gasteiger charge is 2.13. The molecule has 0 aromatic heterocycles. The average molecular weight is 237 g/mol. The van der Waals surface area contributed by atoms with E-state index in [-0.39, 0.29) is 17.7 Å². The zero-order chi connectivity index (χ0) is 13.0. The van der Waals surface area contributed by atoms with E-state index in [4.69, 9.17) is 5.73 Å². The molecule has 0 spiro atoms. The van der Waals surface area contributed by atoms with Gasteiger partial charge in [-0.3, -0.25) is 4.79 Å². The number of nitrogens with one attached hydrogen (secondary N) is 1. The maximum Gasteiger partial charge on any atom is 0.253 e. The van der Waals surface area contributed by atoms with Gasteiger partial charge in [-0.25, -0.2) is 0 Å². The van der Waals surface area contributed by atoms with Crippen LogP contribution in [0.1, 0.15) is 17.3 Å². The molecule has 1 rings (SSSR count). The zero-order valence-corrected chi connectivity index (χ0v) is 10.4. The van der Waals surface area contributed by atoms with Crippen LogP contribution in [0.15, 0.2) is 18.2 Å². The van der Waals surface area contributed by atoms with Crippen molar-refractivity contribution in [3.63, 3.8) is 0 Å². The molecule has 1 atom stereocenters. The minimum atomic E-state index is -0.271. The van der Waals surface area contributed by atoms with Gasteiger partial charge in [0.25, 0.3) is 5.91 Å². The fourth-order valence-electron chi connectivity index (χ4n) is 1.64. The first-order chi connectivity index (χ1) is 7.90. The molecule has 1 aromatic carbocycles. The van der Waals surface area contributed by atoms with E-state index in [2.05, 4.69) is 5.32 Å². The van der Waals surface area contributed by atoms with Crippen LogP contribution in [0.25, 0.3) is 0 Å². The van der Waals surface area contributed by atoms with Gasteiger partial charge in [-0.1, -0.05) is 0 Å². The Morgan fingerprint density at radius 2 is 2.18 bits per heavy atom. The van der Waals surface area contributed by atoms with Gasteiger partial charge in [0.1, 0.15) is 5.75 Å². The number of amides is 1. The van der Waals surface area contributed by atoms with Gasteiger partial charge in [0, 0.05) is 18.3 Å². The van der Waals surface area contributed by atoms with Crippen LogP contribution in [0.4, 0.5) is 5.69 Å². The number of nitrogen functional groups attached to an aromatic ring is 1. The first-order valence-electron chi connectivity index (χ1n) is 5.44. The van der Waals surface area contributed by atoms with Gasteiger partial charge < -0.3 is 21.1 Å². The maximum absolute atomic E-state index is 11.9. The molecule has 1 amide bonds. The molecular weight excluding hydrogens is 218 g/mol. The molecule has 0 fully saturated rings. The Kier molecular flexibility index (Phi) is 4.34. The normalized spacial score (nSPS) is 12.5. The summed E-state index contributed by atoms with van der Waals surface area (Å²) in [5, 5.41) is 12.1. The summed E-state index contributed by atoms with van der Waals surface area (Å²) >= 11 is 0. The van der Waals surface area contributed by atoms with E-state index in [1.807, 2.05) is 25.9 Å². The first kappa shape index (κ1) is 13.3. The summed E-state index contributed by atoms with van der Waals surface area (Å²) in [5.41, 5.74) is 6.35. The number of anilines is 1. The van der Waals surface area contributed by atoms with Crippen LogP contribution < -0.4 is 11.1 Å². The number of nitrogens with zero attached hydrogens (tertiary/aromatic N) is 1. The molecule has 1 unspecified atom stereocenters. The number of phenols is 1. The van der Waals surface area contributed by atoms with Crippen LogP contribution in [-0.4, -0.2) is 42.6 Å². The molecule has 1 aromatic rings. The second-order valence-electron chi connectivity index (χ2n) is 4.41. The van der Waals surface area contributed by atoms with Crippen molar-refractivity contribution in [2.45, 2.75) is 13.0 Å². The zero-order valence-electron chi connectivity index (χ0n) is 10.4. The summed E-state index contributed by atoms with van der Waals surface area (Å²) in [4.78, 5) is 13.9. The number of hydrogen-bond donors (Lipinski definition) is 3. The third-order valence-corrected chi connectivity index (χ3v) is 2.30. The number of carbonyl (C=O) groups excluding carboxylic acids is 1. The fourth-order valence-corrected chi connectivity index (χ4v) is 1.64. The monoisotopic (exact) mass is 237 g/mol. The topological polar surface area (TPSA) is 78.6 Å². The summed E-state index contributed by atoms with van der Waals surface area (Å²) in [6, 6.07) is 4.35. The molecule has 0 aliphatic carbocycles. The Morgan fingerprint density at radius 3 is 2.76 bits per heavy atom. The molecule has 5 nitrogen and oxygen atoms in total. The van der Waals surface area contributed by atoms with Gasteiger partial charge in [-0.2, -0.15) is 0 Å². The van der Waals surface area contributed by atoms with Gasteiger partial charge in [0.15, 0.2) is 0 Å². The fraction of sp³-hybridized carbons (Fsp3) is 0.417. The number of nitrogens with two attached hydrogens (primary N) is 1. The van der Waals surface area contributed by atoms with E-state index in [1.165, 1.54) is 18.2 Å². The molecule has 4 N–H and O–H groups in total. The van der Waals surface area contributed by atoms with E-state index in [0.29, 0.717) is 11.3 Å². The molecule has 94 valence electrons. The summed E-state index contributed by atoms with van der Waals surface area (Å²) in [7, 11) is 3.87. The van der Waals surface area contributed by atoms with E-state index in [9.17, 15) is 9.90 Å². The number of aromatic hydroxyl groups is 1. The van der Waals surface area contributed by atoms with E-state index < -0.39 is 0 Å². The van der Waals surface area contributed by atoms with Crippen molar-refractivity contribution in [3.8, 4) is 5.75 Å². The highest BCUT2D eigenvalue weighted by molar-refractivity contribution is 5.99. The highest BCUT2D eigenvalue weighted by atomic mass is 16.3. The molecule has 0 saturated carbocycles. The summed E-state index contributed by atoms with van der Waals surface area (Å²) in [5.74, 6) is -0.239. The van der Waals surface area contributed by atoms with Crippen molar-refractivity contribution >= 4 is 11.6 Å². The number of carbonyl (C=O) groups is 1. The summed E-state index contributed by atoms with van der Waals surface area (Å²) in [6.07, 6.45) is 0. The van der Waals surface area contributed by atoms with Crippen molar-refractivity contribution in [1.29, 1.82) is 0 Å². The Morgan fingerprint density at radius 1 is 1.53 bits per heavy atom. The summed E-state index contributed by atoms with van der Waals surface area (Å²) < 4.78 is 0. The van der Waals surface area contributed by atoms with Crippen molar-refractivity contribution in [2.24, 2.45) is 0 Å². The number of benzene rings is 1. The van der Waals surface area contributed by atoms with Crippen molar-refractivity contribution in [2.75, 3.05) is 26.4 Å². The molecule has 0 aliphatic heterocycles. The Hall–Kier alpha value is -1.75. The van der Waals surface area contributed by atoms with Gasteiger partial charge in [0.2, 0.25) is 0 Å². The van der Waals surface area contributed by atoms with E-state index in [1.54, 1.807) is 0 Å². The molecule has 0 saturated heterocycles. The molecule has 0 bridgehead atoms. The molecule has 0 heterocycles. The minimum absolute atomic E-state index is 0.0132. The van der Waals surface area contributed by atoms with Crippen LogP contribution in [0.3, 0.4) is 0 Å². The quantitative estimate of drug-likeness (QED) is 0.531. The SMILES string of the molecule is CC(CN(C)C)NC(=O)c1cc(O)ccc1N. The molecule has 17 heavy (non-hydrogen) atoms. The van der Waals surface area contributed by atoms with Gasteiger partial charge in [-0.15, -0.1) is 0 Å². The lowest BCUT2D eigenvalue weighted by Gasteiger charge is -2.18. The lowest BCUT2D eigenvalue weighted by molar-refractivity contribution is 0.0935. The van der Waals surface area contributed by atoms with Crippen LogP contribution in [0.5, 0.6) is 5.75 Å². The number of rotatable bonds is 4. The average Bonchev–Trinajstić information content (AvgIpc) is 2.20. The van der Waals surface area contributed by atoms with Crippen molar-refractivity contribution in [1.82, 2.24) is 10.2 Å². The molecule has 5 heteroatoms. The van der Waals surface area contributed by atoms with Crippen LogP contribution in [0, 0.1) is 0 Å². The third kappa shape index (κ3) is 3.96. The van der Waals surface area contributed by atoms with Crippen LogP contribution in [0.2, 0.25) is 0 Å². The molecule has 0 radical (unpaired) electrons. The molecular formula is C12H19N3O2. The largest absolute Gasteiger partial charge is 0.508 e. The minimum Gasteiger partial charge on any atom is -0.508 e. The maximum atomic E-state index is 11.9. The summed E-state index contributed by atoms with van der Waals surface area (Å²) in [6.45, 7) is 2.65. The van der Waals surface area contributed by atoms with Gasteiger partial charge >= 0.3 is 0 Å². The smallest absolute Gasteiger partial charge is 0.253 e. The predicted octanol–water partition coefficient (Wildman–Crippen LogP) is 0.654. The second-order valence-corrected chi connectivity index (χ2v) is 4.41. The first-order valence-corrected chi connectivity index (χ1v) is 5.44. The van der Waals surface area contributed by atoms with Crippen molar-refractivity contribution in [3.05, 3.63) is 23.8 Å². The van der Waals surface area contributed by atoms with Crippen LogP contribution in [-0.2, 0) is 0 Å². The lowest BCUT2D eigenvalue weighted by Crippen LogP contribution is -2.39. The third-order valence-electron chi connectivity index (χ3n) is 2.30. The Balaban J connectivity index is 2.73. The number of phenolic OH excluding ortho intramolecular Hbond substituents is 1. The highest BCUT2D eigenvalue weighted by Crippen LogP contribution is 2.18. The Labute approximate surface area is 101 Å². The van der Waals surface area contributed by atoms with Gasteiger partial charge in [0.05, 0.1) is 5.56 Å². The number of hydrogen-bond acceptors (Lipinski definition) is 4. The number of likely N-dealkylation sites (N-methyl/N-ethyl adjacent to an activating group) is 1. The second kappa shape index (κ2) is 5.54. The van der Waals surface area contributed by atoms with Crippen molar-refractivity contribution < 1.29 is 9.90 Å². The Bertz CT molecular complexity index is 405. The lowest BCUT2D eigenvalue weighted by atomic mass is 10.1. The van der Waals surface area contributed by atoms with Gasteiger partial charge in [-0.05, 0) is 39.2 Å². The van der Waals surface area contributed by atoms with E-state index >= 15 is 0 Å². The van der Waals surface area contributed by atoms with Crippen LogP contribution >= 0.6 is 0 Å². The van der Waals surface area contributed by atoms with E-state index in [0.717, 1.165) is 6.54 Å². The predicted molar refractivity (Wildman–Crippen MR) is 68.0 cm³/mol. The standard InChI is InChI=1S/C12H19N3O2/c1-8(7-15(2)3)14-12(17)10-6-9(16)4-5-11(10)13/h4-6,8,16H,7,13H2,1-3H3,(H,14,17). The molecule has 0 aliphatic rings.